The molecular weight excluding hydrogens is 166 g/mol. The quantitative estimate of drug-likeness (QED) is 0.632. The highest BCUT2D eigenvalue weighted by molar-refractivity contribution is 5.47. The summed E-state index contributed by atoms with van der Waals surface area (Å²) in [7, 11) is 0. The minimum absolute atomic E-state index is 0.175. The molecule has 1 aromatic rings. The third-order valence-electron chi connectivity index (χ3n) is 2.30. The lowest BCUT2D eigenvalue weighted by atomic mass is 9.99. The summed E-state index contributed by atoms with van der Waals surface area (Å²) in [6.07, 6.45) is 1.64. The number of hydrogen-bond donors (Lipinski definition) is 2. The van der Waals surface area contributed by atoms with E-state index in [1.165, 1.54) is 0 Å². The van der Waals surface area contributed by atoms with Gasteiger partial charge >= 0.3 is 0 Å². The highest BCUT2D eigenvalue weighted by Gasteiger charge is 2.28. The zero-order valence-corrected chi connectivity index (χ0v) is 7.58. The van der Waals surface area contributed by atoms with Crippen LogP contribution in [0.4, 0.5) is 0 Å². The van der Waals surface area contributed by atoms with Crippen LogP contribution in [0.1, 0.15) is 18.9 Å². The van der Waals surface area contributed by atoms with Gasteiger partial charge in [0.2, 0.25) is 0 Å². The summed E-state index contributed by atoms with van der Waals surface area (Å²) in [6.45, 7) is 1.82. The Morgan fingerprint density at radius 1 is 1.54 bits per heavy atom. The summed E-state index contributed by atoms with van der Waals surface area (Å²) in [4.78, 5) is 0. The normalized spacial score (nSPS) is 26.3. The van der Waals surface area contributed by atoms with Crippen LogP contribution in [0.2, 0.25) is 0 Å². The Kier molecular flexibility index (Phi) is 1.70. The number of ether oxygens (including phenoxy) is 1. The number of nitrogens with two attached hydrogens (primary N) is 1. The molecule has 0 saturated carbocycles. The second-order valence-corrected chi connectivity index (χ2v) is 3.68. The standard InChI is InChI=1S/C10H13NO2/c1-10(11)6-5-7-3-2-4-8(12)9(7)13-10/h2-4,12H,5-6,11H2,1H3. The van der Waals surface area contributed by atoms with Gasteiger partial charge in [-0.15, -0.1) is 0 Å². The fourth-order valence-corrected chi connectivity index (χ4v) is 1.55. The first-order valence-electron chi connectivity index (χ1n) is 4.37. The summed E-state index contributed by atoms with van der Waals surface area (Å²) in [5.74, 6) is 0.715. The Labute approximate surface area is 77.1 Å². The van der Waals surface area contributed by atoms with Crippen molar-refractivity contribution < 1.29 is 9.84 Å². The first-order valence-corrected chi connectivity index (χ1v) is 4.37. The molecule has 1 unspecified atom stereocenters. The predicted molar refractivity (Wildman–Crippen MR) is 49.6 cm³/mol. The zero-order chi connectivity index (χ0) is 9.47. The maximum absolute atomic E-state index is 9.51. The van der Waals surface area contributed by atoms with Gasteiger partial charge < -0.3 is 9.84 Å². The van der Waals surface area contributed by atoms with E-state index in [9.17, 15) is 5.11 Å². The Morgan fingerprint density at radius 3 is 3.08 bits per heavy atom. The van der Waals surface area contributed by atoms with Gasteiger partial charge in [0.1, 0.15) is 0 Å². The molecule has 1 aliphatic rings. The molecular formula is C10H13NO2. The Morgan fingerprint density at radius 2 is 2.31 bits per heavy atom. The van der Waals surface area contributed by atoms with Gasteiger partial charge in [-0.1, -0.05) is 12.1 Å². The molecule has 3 nitrogen and oxygen atoms in total. The predicted octanol–water partition coefficient (Wildman–Crippen LogP) is 1.39. The third-order valence-corrected chi connectivity index (χ3v) is 2.30. The fourth-order valence-electron chi connectivity index (χ4n) is 1.55. The number of hydrogen-bond acceptors (Lipinski definition) is 3. The molecule has 0 amide bonds. The number of rotatable bonds is 0. The number of phenols is 1. The average Bonchev–Trinajstić information content (AvgIpc) is 2.06. The van der Waals surface area contributed by atoms with Crippen LogP contribution >= 0.6 is 0 Å². The van der Waals surface area contributed by atoms with E-state index in [1.54, 1.807) is 6.07 Å². The molecule has 0 fully saturated rings. The van der Waals surface area contributed by atoms with Crippen molar-refractivity contribution in [2.24, 2.45) is 5.73 Å². The van der Waals surface area contributed by atoms with E-state index in [0.717, 1.165) is 18.4 Å². The molecule has 0 saturated heterocycles. The van der Waals surface area contributed by atoms with Crippen LogP contribution in [0.15, 0.2) is 18.2 Å². The molecule has 70 valence electrons. The smallest absolute Gasteiger partial charge is 0.166 e. The van der Waals surface area contributed by atoms with Crippen LogP contribution in [-0.4, -0.2) is 10.8 Å². The van der Waals surface area contributed by atoms with Crippen molar-refractivity contribution in [3.05, 3.63) is 23.8 Å². The van der Waals surface area contributed by atoms with Crippen LogP contribution < -0.4 is 10.5 Å². The van der Waals surface area contributed by atoms with Gasteiger partial charge in [-0.3, -0.25) is 5.73 Å². The molecule has 0 radical (unpaired) electrons. The highest BCUT2D eigenvalue weighted by atomic mass is 16.5. The van der Waals surface area contributed by atoms with Crippen LogP contribution in [0.5, 0.6) is 11.5 Å². The Hall–Kier alpha value is -1.22. The van der Waals surface area contributed by atoms with Gasteiger partial charge in [0.25, 0.3) is 0 Å². The molecule has 1 aliphatic heterocycles. The summed E-state index contributed by atoms with van der Waals surface area (Å²) in [6, 6.07) is 5.38. The summed E-state index contributed by atoms with van der Waals surface area (Å²) in [5.41, 5.74) is 6.21. The third kappa shape index (κ3) is 1.47. The number of phenolic OH excluding ortho intramolecular Hbond substituents is 1. The van der Waals surface area contributed by atoms with Crippen LogP contribution in [0, 0.1) is 0 Å². The lowest BCUT2D eigenvalue weighted by Crippen LogP contribution is -2.45. The van der Waals surface area contributed by atoms with Gasteiger partial charge in [0.05, 0.1) is 0 Å². The van der Waals surface area contributed by atoms with Crippen LogP contribution in [-0.2, 0) is 6.42 Å². The topological polar surface area (TPSA) is 55.5 Å². The van der Waals surface area contributed by atoms with Crippen molar-refractivity contribution in [3.63, 3.8) is 0 Å². The molecule has 1 atom stereocenters. The lowest BCUT2D eigenvalue weighted by Gasteiger charge is -2.32. The number of aromatic hydroxyl groups is 1. The minimum Gasteiger partial charge on any atom is -0.504 e. The molecule has 0 spiro atoms. The number of aryl methyl sites for hydroxylation is 1. The first kappa shape index (κ1) is 8.38. The highest BCUT2D eigenvalue weighted by Crippen LogP contribution is 2.37. The SMILES string of the molecule is CC1(N)CCc2cccc(O)c2O1. The van der Waals surface area contributed by atoms with Gasteiger partial charge in [0, 0.05) is 6.42 Å². The van der Waals surface area contributed by atoms with E-state index in [0.29, 0.717) is 5.75 Å². The van der Waals surface area contributed by atoms with E-state index in [4.69, 9.17) is 10.5 Å². The maximum atomic E-state index is 9.51. The second-order valence-electron chi connectivity index (χ2n) is 3.68. The number of benzene rings is 1. The zero-order valence-electron chi connectivity index (χ0n) is 7.58. The largest absolute Gasteiger partial charge is 0.504 e. The molecule has 1 heterocycles. The van der Waals surface area contributed by atoms with E-state index in [-0.39, 0.29) is 5.75 Å². The minimum atomic E-state index is -0.647. The first-order chi connectivity index (χ1) is 6.08. The van der Waals surface area contributed by atoms with Gasteiger partial charge in [0.15, 0.2) is 17.2 Å². The monoisotopic (exact) mass is 179 g/mol. The van der Waals surface area contributed by atoms with Gasteiger partial charge in [-0.05, 0) is 25.0 Å². The molecule has 13 heavy (non-hydrogen) atoms. The average molecular weight is 179 g/mol. The summed E-state index contributed by atoms with van der Waals surface area (Å²) in [5, 5.41) is 9.51. The molecule has 3 N–H and O–H groups in total. The summed E-state index contributed by atoms with van der Waals surface area (Å²) >= 11 is 0. The fraction of sp³-hybridized carbons (Fsp3) is 0.400. The van der Waals surface area contributed by atoms with E-state index in [1.807, 2.05) is 19.1 Å². The van der Waals surface area contributed by atoms with Crippen LogP contribution in [0.25, 0.3) is 0 Å². The van der Waals surface area contributed by atoms with Crippen molar-refractivity contribution in [1.82, 2.24) is 0 Å². The molecule has 2 rings (SSSR count). The number of fused-ring (bicyclic) bond motifs is 1. The van der Waals surface area contributed by atoms with Crippen molar-refractivity contribution in [1.29, 1.82) is 0 Å². The second kappa shape index (κ2) is 2.64. The van der Waals surface area contributed by atoms with Crippen molar-refractivity contribution in [2.45, 2.75) is 25.5 Å². The molecule has 1 aromatic carbocycles. The molecule has 3 heteroatoms. The van der Waals surface area contributed by atoms with Gasteiger partial charge in [-0.25, -0.2) is 0 Å². The van der Waals surface area contributed by atoms with Crippen LogP contribution in [0.3, 0.4) is 0 Å². The molecule has 0 aromatic heterocycles. The Balaban J connectivity index is 2.44. The lowest BCUT2D eigenvalue weighted by molar-refractivity contribution is 0.0682. The molecule has 0 bridgehead atoms. The Bertz CT molecular complexity index is 334. The van der Waals surface area contributed by atoms with Crippen molar-refractivity contribution in [3.8, 4) is 11.5 Å². The van der Waals surface area contributed by atoms with E-state index in [2.05, 4.69) is 0 Å². The van der Waals surface area contributed by atoms with Crippen molar-refractivity contribution >= 4 is 0 Å². The van der Waals surface area contributed by atoms with Crippen molar-refractivity contribution in [2.75, 3.05) is 0 Å². The number of para-hydroxylation sites is 1. The molecule has 0 aliphatic carbocycles. The van der Waals surface area contributed by atoms with E-state index >= 15 is 0 Å². The summed E-state index contributed by atoms with van der Waals surface area (Å²) < 4.78 is 5.48. The maximum Gasteiger partial charge on any atom is 0.166 e. The van der Waals surface area contributed by atoms with E-state index < -0.39 is 5.72 Å². The van der Waals surface area contributed by atoms with Gasteiger partial charge in [-0.2, -0.15) is 0 Å².